The number of hydrogen-bond acceptors (Lipinski definition) is 10. The third-order valence-corrected chi connectivity index (χ3v) is 8.64. The Balaban J connectivity index is 0.972. The molecule has 2 atom stereocenters. The molecule has 12 heteroatoms. The van der Waals surface area contributed by atoms with Crippen molar-refractivity contribution in [2.45, 2.75) is 102 Å². The minimum absolute atomic E-state index is 0.0438. The van der Waals surface area contributed by atoms with Crippen molar-refractivity contribution in [3.8, 4) is 5.75 Å². The zero-order valence-corrected chi connectivity index (χ0v) is 26.3. The molecule has 2 aromatic heterocycles. The smallest absolute Gasteiger partial charge is 0.243 e. The zero-order valence-electron chi connectivity index (χ0n) is 26.3. The molecule has 5 heterocycles. The van der Waals surface area contributed by atoms with Gasteiger partial charge in [-0.1, -0.05) is 12.8 Å². The lowest BCUT2D eigenvalue weighted by Gasteiger charge is -2.28. The van der Waals surface area contributed by atoms with Gasteiger partial charge < -0.3 is 24.4 Å². The highest BCUT2D eigenvalue weighted by molar-refractivity contribution is 5.85. The van der Waals surface area contributed by atoms with Crippen LogP contribution in [0.2, 0.25) is 0 Å². The van der Waals surface area contributed by atoms with Gasteiger partial charge in [0.05, 0.1) is 12.9 Å². The molecule has 0 saturated carbocycles. The average molecular weight is 622 g/mol. The molecule has 2 N–H and O–H groups in total. The van der Waals surface area contributed by atoms with E-state index in [4.69, 9.17) is 34.0 Å². The summed E-state index contributed by atoms with van der Waals surface area (Å²) < 4.78 is 19.6. The number of anilines is 3. The summed E-state index contributed by atoms with van der Waals surface area (Å²) in [6.07, 6.45) is 15.4. The van der Waals surface area contributed by atoms with Gasteiger partial charge in [-0.3, -0.25) is 9.36 Å². The van der Waals surface area contributed by atoms with Crippen LogP contribution >= 0.6 is 0 Å². The van der Waals surface area contributed by atoms with E-state index in [1.54, 1.807) is 0 Å². The summed E-state index contributed by atoms with van der Waals surface area (Å²) in [6.45, 7) is 4.04. The number of imidazole rings is 1. The maximum atomic E-state index is 12.0. The highest BCUT2D eigenvalue weighted by atomic mass is 16.8. The molecule has 0 bridgehead atoms. The molecule has 45 heavy (non-hydrogen) atoms. The van der Waals surface area contributed by atoms with Crippen molar-refractivity contribution >= 4 is 34.5 Å². The van der Waals surface area contributed by atoms with Crippen molar-refractivity contribution in [2.24, 2.45) is 0 Å². The number of carbonyl (C=O) groups is 1. The summed E-state index contributed by atoms with van der Waals surface area (Å²) in [7, 11) is 0. The van der Waals surface area contributed by atoms with Crippen LogP contribution < -0.4 is 20.4 Å². The van der Waals surface area contributed by atoms with Crippen LogP contribution in [0.4, 0.5) is 17.5 Å². The number of rotatable bonds is 14. The lowest BCUT2D eigenvalue weighted by molar-refractivity contribution is -0.200. The third-order valence-electron chi connectivity index (χ3n) is 8.64. The molecule has 3 aliphatic rings. The van der Waals surface area contributed by atoms with E-state index in [9.17, 15) is 4.79 Å². The highest BCUT2D eigenvalue weighted by Gasteiger charge is 2.24. The van der Waals surface area contributed by atoms with Crippen LogP contribution in [0.5, 0.6) is 5.75 Å². The minimum atomic E-state index is -0.308. The molecule has 1 amide bonds. The van der Waals surface area contributed by atoms with Gasteiger partial charge in [-0.25, -0.2) is 15.3 Å². The maximum Gasteiger partial charge on any atom is 0.243 e. The molecule has 3 fully saturated rings. The first-order valence-corrected chi connectivity index (χ1v) is 16.9. The molecule has 3 aromatic rings. The molecule has 1 aromatic carbocycles. The van der Waals surface area contributed by atoms with E-state index in [1.165, 1.54) is 6.42 Å². The number of hydroxylamine groups is 1. The first-order valence-electron chi connectivity index (χ1n) is 16.9. The number of unbranched alkanes of at least 4 members (excludes halogenated alkanes) is 3. The summed E-state index contributed by atoms with van der Waals surface area (Å²) in [4.78, 5) is 34.3. The summed E-state index contributed by atoms with van der Waals surface area (Å²) >= 11 is 0. The van der Waals surface area contributed by atoms with E-state index in [0.717, 1.165) is 125 Å². The fraction of sp³-hybridized carbons (Fsp3) is 0.636. The van der Waals surface area contributed by atoms with Crippen molar-refractivity contribution < 1.29 is 23.8 Å². The van der Waals surface area contributed by atoms with Crippen LogP contribution in [-0.2, 0) is 19.1 Å². The van der Waals surface area contributed by atoms with Crippen LogP contribution in [0.1, 0.15) is 96.1 Å². The monoisotopic (exact) mass is 621 g/mol. The number of fused-ring (bicyclic) bond motifs is 1. The number of nitrogens with one attached hydrogen (secondary N) is 2. The Kier molecular flexibility index (Phi) is 11.3. The van der Waals surface area contributed by atoms with Crippen LogP contribution in [-0.4, -0.2) is 64.6 Å². The first-order chi connectivity index (χ1) is 22.2. The number of aromatic nitrogens is 4. The molecule has 3 saturated heterocycles. The van der Waals surface area contributed by atoms with Crippen LogP contribution in [0, 0.1) is 0 Å². The lowest BCUT2D eigenvalue weighted by atomic mass is 10.1. The van der Waals surface area contributed by atoms with Gasteiger partial charge in [-0.05, 0) is 88.5 Å². The minimum Gasteiger partial charge on any atom is -0.494 e. The summed E-state index contributed by atoms with van der Waals surface area (Å²) in [5.74, 6) is 2.17. The Labute approximate surface area is 265 Å². The second-order valence-electron chi connectivity index (χ2n) is 12.2. The van der Waals surface area contributed by atoms with E-state index in [1.807, 2.05) is 30.6 Å². The maximum absolute atomic E-state index is 12.0. The summed E-state index contributed by atoms with van der Waals surface area (Å²) in [5.41, 5.74) is 5.06. The predicted octanol–water partition coefficient (Wildman–Crippen LogP) is 6.16. The van der Waals surface area contributed by atoms with Gasteiger partial charge in [0.2, 0.25) is 11.9 Å². The standard InChI is InChI=1S/C33H47N7O5/c41-27(38-45-29-14-6-11-23-44-29)12-4-1-2-9-21-42-26-17-15-25(16-18-26)35-33-36-31(39-19-7-3-8-20-39)30-32(37-33)40(24-34-30)28-13-5-10-22-43-28/h15-18,24,28-29H,1-14,19-23H2,(H,38,41)(H,35,36,37). The SMILES string of the molecule is O=C(CCCCCCOc1ccc(Nc2nc(N3CCCCC3)c3ncn(C4CCCCO4)c3n2)cc1)NOC1CCCCO1. The van der Waals surface area contributed by atoms with Crippen LogP contribution in [0.15, 0.2) is 30.6 Å². The van der Waals surface area contributed by atoms with Crippen molar-refractivity contribution in [3.63, 3.8) is 0 Å². The molecule has 0 radical (unpaired) electrons. The summed E-state index contributed by atoms with van der Waals surface area (Å²) in [5, 5.41) is 3.41. The van der Waals surface area contributed by atoms with E-state index in [0.29, 0.717) is 25.6 Å². The normalized spacial score (nSPS) is 20.7. The Bertz CT molecular complexity index is 1350. The van der Waals surface area contributed by atoms with Gasteiger partial charge in [-0.15, -0.1) is 0 Å². The topological polar surface area (TPSA) is 125 Å². The van der Waals surface area contributed by atoms with Gasteiger partial charge in [0.15, 0.2) is 23.3 Å². The molecule has 3 aliphatic heterocycles. The van der Waals surface area contributed by atoms with Crippen molar-refractivity contribution in [3.05, 3.63) is 30.6 Å². The quantitative estimate of drug-likeness (QED) is 0.160. The molecule has 0 aliphatic carbocycles. The first kappa shape index (κ1) is 31.5. The molecular weight excluding hydrogens is 574 g/mol. The molecule has 12 nitrogen and oxygen atoms in total. The Morgan fingerprint density at radius 2 is 1.69 bits per heavy atom. The van der Waals surface area contributed by atoms with Gasteiger partial charge in [0.1, 0.15) is 12.0 Å². The number of ether oxygens (including phenoxy) is 3. The highest BCUT2D eigenvalue weighted by Crippen LogP contribution is 2.32. The number of hydrogen-bond donors (Lipinski definition) is 2. The Morgan fingerprint density at radius 1 is 0.889 bits per heavy atom. The van der Waals surface area contributed by atoms with Gasteiger partial charge in [0.25, 0.3) is 0 Å². The van der Waals surface area contributed by atoms with E-state index < -0.39 is 0 Å². The molecule has 2 unspecified atom stereocenters. The van der Waals surface area contributed by atoms with Crippen LogP contribution in [0.25, 0.3) is 11.2 Å². The van der Waals surface area contributed by atoms with E-state index >= 15 is 0 Å². The number of amides is 1. The molecule has 244 valence electrons. The molecule has 6 rings (SSSR count). The Hall–Kier alpha value is -3.48. The van der Waals surface area contributed by atoms with E-state index in [-0.39, 0.29) is 18.4 Å². The number of benzene rings is 1. The molecular formula is C33H47N7O5. The summed E-state index contributed by atoms with van der Waals surface area (Å²) in [6, 6.07) is 7.91. The second kappa shape index (κ2) is 16.2. The van der Waals surface area contributed by atoms with Gasteiger partial charge in [0, 0.05) is 44.8 Å². The molecule has 0 spiro atoms. The van der Waals surface area contributed by atoms with Gasteiger partial charge in [-0.2, -0.15) is 9.97 Å². The van der Waals surface area contributed by atoms with Crippen molar-refractivity contribution in [2.75, 3.05) is 43.1 Å². The van der Waals surface area contributed by atoms with Crippen molar-refractivity contribution in [1.29, 1.82) is 0 Å². The zero-order chi connectivity index (χ0) is 30.7. The Morgan fingerprint density at radius 3 is 2.47 bits per heavy atom. The van der Waals surface area contributed by atoms with Crippen molar-refractivity contribution in [1.82, 2.24) is 25.0 Å². The van der Waals surface area contributed by atoms with Gasteiger partial charge >= 0.3 is 0 Å². The third kappa shape index (κ3) is 8.83. The van der Waals surface area contributed by atoms with E-state index in [2.05, 4.69) is 20.3 Å². The average Bonchev–Trinajstić information content (AvgIpc) is 3.52. The lowest BCUT2D eigenvalue weighted by Crippen LogP contribution is -2.32. The fourth-order valence-electron chi connectivity index (χ4n) is 6.12. The number of piperidine rings is 1. The number of nitrogens with zero attached hydrogens (tertiary/aromatic N) is 5. The predicted molar refractivity (Wildman–Crippen MR) is 171 cm³/mol. The largest absolute Gasteiger partial charge is 0.494 e. The fourth-order valence-corrected chi connectivity index (χ4v) is 6.12. The second-order valence-corrected chi connectivity index (χ2v) is 12.2. The number of carbonyl (C=O) groups excluding carboxylic acids is 1. The van der Waals surface area contributed by atoms with Crippen LogP contribution in [0.3, 0.4) is 0 Å².